The number of hydrogen-bond acceptors (Lipinski definition) is 8. The molecule has 55 heavy (non-hydrogen) atoms. The standard InChI is InChI=1S/C38H40Cl3F3N6O5/c39-29-14-26(15-30(40)34(29)41)49-9-7-24(18-49)17-48-10-11-50(31(20-48)37(54)46-22-38(42,43)44)19-27(51)13-25(12-23-4-3-8-45-16-23)36(53)47-35-28-5-1-2-6-33(28)55-21-32(35)52/h1-9,14-16,18,25,27,31-32,35,51-52H,10-13,17,19-22H2,(H,46,54)(H,47,53)/t25-,27+,31+,32?,35+/m1/s1. The summed E-state index contributed by atoms with van der Waals surface area (Å²) >= 11 is 18.5. The second kappa shape index (κ2) is 17.9. The Balaban J connectivity index is 1.15. The molecule has 2 aromatic carbocycles. The second-order valence-electron chi connectivity index (χ2n) is 13.8. The summed E-state index contributed by atoms with van der Waals surface area (Å²) in [6, 6.07) is 14.1. The van der Waals surface area contributed by atoms with Gasteiger partial charge in [-0.1, -0.05) is 59.1 Å². The van der Waals surface area contributed by atoms with Gasteiger partial charge >= 0.3 is 6.18 Å². The van der Waals surface area contributed by atoms with Gasteiger partial charge in [0.2, 0.25) is 11.8 Å². The Kier molecular flexibility index (Phi) is 13.3. The summed E-state index contributed by atoms with van der Waals surface area (Å²) in [5.74, 6) is -1.48. The van der Waals surface area contributed by atoms with E-state index in [1.54, 1.807) is 59.8 Å². The highest BCUT2D eigenvalue weighted by Gasteiger charge is 2.38. The molecule has 2 aliphatic rings. The Hall–Kier alpha value is -3.89. The molecule has 4 N–H and O–H groups in total. The number of benzene rings is 2. The van der Waals surface area contributed by atoms with Crippen LogP contribution in [0.5, 0.6) is 5.75 Å². The summed E-state index contributed by atoms with van der Waals surface area (Å²) in [7, 11) is 0. The van der Waals surface area contributed by atoms with Crippen LogP contribution in [0.15, 0.2) is 79.4 Å². The summed E-state index contributed by atoms with van der Waals surface area (Å²) in [6.45, 7) is -0.417. The van der Waals surface area contributed by atoms with Gasteiger partial charge in [0.15, 0.2) is 0 Å². The number of carbonyl (C=O) groups is 2. The number of aliphatic hydroxyl groups is 2. The van der Waals surface area contributed by atoms with Crippen molar-refractivity contribution in [2.75, 3.05) is 39.3 Å². The molecule has 4 heterocycles. The zero-order valence-corrected chi connectivity index (χ0v) is 31.7. The Morgan fingerprint density at radius 2 is 1.80 bits per heavy atom. The Bertz CT molecular complexity index is 1930. The molecule has 2 aliphatic heterocycles. The van der Waals surface area contributed by atoms with E-state index in [2.05, 4.69) is 10.3 Å². The largest absolute Gasteiger partial charge is 0.490 e. The second-order valence-corrected chi connectivity index (χ2v) is 15.0. The van der Waals surface area contributed by atoms with E-state index in [0.717, 1.165) is 11.1 Å². The van der Waals surface area contributed by atoms with Crippen molar-refractivity contribution in [3.63, 3.8) is 0 Å². The van der Waals surface area contributed by atoms with Crippen LogP contribution >= 0.6 is 34.8 Å². The first-order chi connectivity index (χ1) is 26.2. The maximum atomic E-state index is 13.9. The molecular formula is C38H40Cl3F3N6O5. The van der Waals surface area contributed by atoms with Crippen LogP contribution in [0.25, 0.3) is 5.69 Å². The number of amides is 2. The molecule has 11 nitrogen and oxygen atoms in total. The zero-order valence-electron chi connectivity index (χ0n) is 29.4. The van der Waals surface area contributed by atoms with Crippen molar-refractivity contribution in [3.8, 4) is 11.4 Å². The van der Waals surface area contributed by atoms with Crippen LogP contribution in [0.1, 0.15) is 29.2 Å². The topological polar surface area (TPSA) is 132 Å². The quantitative estimate of drug-likeness (QED) is 0.135. The number of fused-ring (bicyclic) bond motifs is 1. The molecule has 2 amide bonds. The molecule has 0 radical (unpaired) electrons. The number of halogens is 6. The third kappa shape index (κ3) is 10.7. The van der Waals surface area contributed by atoms with Crippen molar-refractivity contribution >= 4 is 46.6 Å². The van der Waals surface area contributed by atoms with Crippen LogP contribution in [-0.2, 0) is 22.6 Å². The minimum atomic E-state index is -4.61. The lowest BCUT2D eigenvalue weighted by molar-refractivity contribution is -0.143. The number of para-hydroxylation sites is 1. The molecule has 6 rings (SSSR count). The maximum absolute atomic E-state index is 13.9. The summed E-state index contributed by atoms with van der Waals surface area (Å²) in [5, 5.41) is 28.0. The van der Waals surface area contributed by atoms with Crippen LogP contribution < -0.4 is 15.4 Å². The molecule has 4 aromatic rings. The average Bonchev–Trinajstić information content (AvgIpc) is 3.62. The number of aromatic nitrogens is 2. The molecule has 1 fully saturated rings. The molecule has 2 aromatic heterocycles. The van der Waals surface area contributed by atoms with Gasteiger partial charge in [-0.15, -0.1) is 0 Å². The van der Waals surface area contributed by atoms with Gasteiger partial charge in [-0.2, -0.15) is 13.2 Å². The molecule has 5 atom stereocenters. The number of piperazine rings is 1. The van der Waals surface area contributed by atoms with E-state index >= 15 is 0 Å². The lowest BCUT2D eigenvalue weighted by atomic mass is 9.91. The van der Waals surface area contributed by atoms with Gasteiger partial charge in [0, 0.05) is 74.7 Å². The Labute approximate surface area is 330 Å². The highest BCUT2D eigenvalue weighted by Crippen LogP contribution is 2.34. The smallest absolute Gasteiger partial charge is 0.405 e. The molecular weight excluding hydrogens is 784 g/mol. The number of rotatable bonds is 13. The molecule has 0 aliphatic carbocycles. The van der Waals surface area contributed by atoms with Crippen molar-refractivity contribution in [2.24, 2.45) is 5.92 Å². The monoisotopic (exact) mass is 822 g/mol. The SMILES string of the molecule is O=C(N[C@H]1c2ccccc2OCC1O)[C@H](Cc1cccnc1)C[C@H](O)CN1CCN(Cc2ccn(-c3cc(Cl)c(Cl)c(Cl)c3)c2)C[C@H]1C(=O)NCC(F)(F)F. The van der Waals surface area contributed by atoms with E-state index in [1.165, 1.54) is 0 Å². The summed E-state index contributed by atoms with van der Waals surface area (Å²) < 4.78 is 46.9. The lowest BCUT2D eigenvalue weighted by Crippen LogP contribution is -2.60. The fourth-order valence-electron chi connectivity index (χ4n) is 6.99. The number of ether oxygens (including phenoxy) is 1. The van der Waals surface area contributed by atoms with Crippen molar-refractivity contribution in [1.82, 2.24) is 30.0 Å². The Morgan fingerprint density at radius 3 is 2.53 bits per heavy atom. The lowest BCUT2D eigenvalue weighted by Gasteiger charge is -2.41. The normalized spacial score (nSPS) is 20.3. The van der Waals surface area contributed by atoms with Crippen molar-refractivity contribution in [1.29, 1.82) is 0 Å². The first kappa shape index (κ1) is 40.8. The third-order valence-corrected chi connectivity index (χ3v) is 10.9. The number of alkyl halides is 3. The van der Waals surface area contributed by atoms with Crippen LogP contribution in [0.2, 0.25) is 15.1 Å². The third-order valence-electron chi connectivity index (χ3n) is 9.69. The summed E-state index contributed by atoms with van der Waals surface area (Å²) in [6.07, 6.45) is 0.309. The minimum absolute atomic E-state index is 0.0143. The van der Waals surface area contributed by atoms with Gasteiger partial charge in [0.05, 0.1) is 27.2 Å². The van der Waals surface area contributed by atoms with Crippen molar-refractivity contribution in [2.45, 2.75) is 49.9 Å². The highest BCUT2D eigenvalue weighted by molar-refractivity contribution is 6.48. The van der Waals surface area contributed by atoms with Crippen molar-refractivity contribution < 1.29 is 37.7 Å². The van der Waals surface area contributed by atoms with Gasteiger partial charge in [-0.3, -0.25) is 24.4 Å². The first-order valence-corrected chi connectivity index (χ1v) is 18.8. The molecule has 0 spiro atoms. The summed E-state index contributed by atoms with van der Waals surface area (Å²) in [4.78, 5) is 35.0. The fourth-order valence-corrected chi connectivity index (χ4v) is 7.57. The van der Waals surface area contributed by atoms with Crippen LogP contribution in [0, 0.1) is 5.92 Å². The highest BCUT2D eigenvalue weighted by atomic mass is 35.5. The number of nitrogens with zero attached hydrogens (tertiary/aromatic N) is 4. The predicted octanol–water partition coefficient (Wildman–Crippen LogP) is 5.22. The summed E-state index contributed by atoms with van der Waals surface area (Å²) in [5.41, 5.74) is 2.91. The molecule has 0 saturated carbocycles. The zero-order chi connectivity index (χ0) is 39.3. The Morgan fingerprint density at radius 1 is 1.04 bits per heavy atom. The van der Waals surface area contributed by atoms with Crippen LogP contribution in [0.4, 0.5) is 13.2 Å². The predicted molar refractivity (Wildman–Crippen MR) is 201 cm³/mol. The number of pyridine rings is 1. The van der Waals surface area contributed by atoms with Gasteiger partial charge in [0.1, 0.15) is 31.0 Å². The van der Waals surface area contributed by atoms with E-state index in [4.69, 9.17) is 39.5 Å². The van der Waals surface area contributed by atoms with Crippen LogP contribution in [-0.4, -0.2) is 105 Å². The van der Waals surface area contributed by atoms with Crippen LogP contribution in [0.3, 0.4) is 0 Å². The number of nitrogens with one attached hydrogen (secondary N) is 2. The van der Waals surface area contributed by atoms with Gasteiger partial charge in [-0.25, -0.2) is 0 Å². The maximum Gasteiger partial charge on any atom is 0.405 e. The van der Waals surface area contributed by atoms with E-state index < -0.39 is 54.7 Å². The molecule has 0 bridgehead atoms. The van der Waals surface area contributed by atoms with E-state index in [9.17, 15) is 33.0 Å². The number of aliphatic hydroxyl groups excluding tert-OH is 2. The molecule has 294 valence electrons. The minimum Gasteiger partial charge on any atom is -0.490 e. The first-order valence-electron chi connectivity index (χ1n) is 17.6. The average molecular weight is 824 g/mol. The number of β-amino-alcohol motifs (C(OH)–C–C–N with tert-alkyl or cyclic N) is 1. The van der Waals surface area contributed by atoms with Gasteiger partial charge < -0.3 is 30.2 Å². The van der Waals surface area contributed by atoms with Gasteiger partial charge in [0.25, 0.3) is 0 Å². The van der Waals surface area contributed by atoms with E-state index in [0.29, 0.717) is 40.1 Å². The number of carbonyl (C=O) groups excluding carboxylic acids is 2. The molecule has 1 unspecified atom stereocenters. The van der Waals surface area contributed by atoms with E-state index in [1.807, 2.05) is 39.3 Å². The fraction of sp³-hybridized carbons (Fsp3) is 0.395. The van der Waals surface area contributed by atoms with Gasteiger partial charge in [-0.05, 0) is 54.3 Å². The molecule has 17 heteroatoms. The molecule has 1 saturated heterocycles. The van der Waals surface area contributed by atoms with Crippen molar-refractivity contribution in [3.05, 3.63) is 111 Å². The van der Waals surface area contributed by atoms with E-state index in [-0.39, 0.29) is 44.1 Å². The number of hydrogen-bond donors (Lipinski definition) is 4.